The van der Waals surface area contributed by atoms with Crippen LogP contribution in [-0.2, 0) is 6.54 Å². The van der Waals surface area contributed by atoms with E-state index in [2.05, 4.69) is 4.98 Å². The van der Waals surface area contributed by atoms with E-state index in [1.54, 1.807) is 28.5 Å². The Morgan fingerprint density at radius 2 is 2.05 bits per heavy atom. The quantitative estimate of drug-likeness (QED) is 0.557. The summed E-state index contributed by atoms with van der Waals surface area (Å²) >= 11 is 7.36. The summed E-state index contributed by atoms with van der Waals surface area (Å²) in [6.07, 6.45) is 0.835. The second-order valence-corrected chi connectivity index (χ2v) is 6.45. The van der Waals surface area contributed by atoms with Gasteiger partial charge in [0, 0.05) is 11.4 Å². The first-order chi connectivity index (χ1) is 10.6. The van der Waals surface area contributed by atoms with Crippen LogP contribution >= 0.6 is 23.4 Å². The van der Waals surface area contributed by atoms with Gasteiger partial charge >= 0.3 is 5.69 Å². The smallest absolute Gasteiger partial charge is 0.306 e. The lowest BCUT2D eigenvalue weighted by Gasteiger charge is -2.04. The first-order valence-electron chi connectivity index (χ1n) is 6.90. The minimum absolute atomic E-state index is 0.0870. The van der Waals surface area contributed by atoms with Crippen LogP contribution < -0.4 is 5.69 Å². The van der Waals surface area contributed by atoms with Crippen molar-refractivity contribution in [2.24, 2.45) is 0 Å². The van der Waals surface area contributed by atoms with Crippen molar-refractivity contribution in [2.45, 2.75) is 17.9 Å². The van der Waals surface area contributed by atoms with E-state index < -0.39 is 5.82 Å². The van der Waals surface area contributed by atoms with Gasteiger partial charge in [-0.05, 0) is 42.5 Å². The van der Waals surface area contributed by atoms with Gasteiger partial charge < -0.3 is 4.98 Å². The maximum atomic E-state index is 13.1. The fourth-order valence-electron chi connectivity index (χ4n) is 2.31. The van der Waals surface area contributed by atoms with E-state index in [0.717, 1.165) is 28.1 Å². The molecule has 0 unspecified atom stereocenters. The molecule has 0 amide bonds. The zero-order valence-corrected chi connectivity index (χ0v) is 13.3. The van der Waals surface area contributed by atoms with Crippen LogP contribution in [0.5, 0.6) is 0 Å². The van der Waals surface area contributed by atoms with E-state index in [0.29, 0.717) is 6.54 Å². The summed E-state index contributed by atoms with van der Waals surface area (Å²) in [5, 5.41) is 0.137. The number of thioether (sulfide) groups is 1. The van der Waals surface area contributed by atoms with Gasteiger partial charge in [-0.1, -0.05) is 23.7 Å². The molecule has 1 aromatic heterocycles. The molecule has 0 saturated carbocycles. The highest BCUT2D eigenvalue weighted by molar-refractivity contribution is 7.99. The summed E-state index contributed by atoms with van der Waals surface area (Å²) in [7, 11) is 0. The monoisotopic (exact) mass is 336 g/mol. The van der Waals surface area contributed by atoms with Crippen molar-refractivity contribution in [3.8, 4) is 0 Å². The first-order valence-corrected chi connectivity index (χ1v) is 8.27. The first kappa shape index (κ1) is 15.2. The van der Waals surface area contributed by atoms with Crippen molar-refractivity contribution < 1.29 is 4.39 Å². The van der Waals surface area contributed by atoms with Gasteiger partial charge in [-0.15, -0.1) is 11.8 Å². The van der Waals surface area contributed by atoms with Gasteiger partial charge in [0.1, 0.15) is 5.82 Å². The molecule has 3 aromatic rings. The molecular formula is C16H14ClFN2OS. The number of halogens is 2. The average Bonchev–Trinajstić information content (AvgIpc) is 2.83. The average molecular weight is 337 g/mol. The molecule has 1 N–H and O–H groups in total. The van der Waals surface area contributed by atoms with E-state index in [9.17, 15) is 9.18 Å². The highest BCUT2D eigenvalue weighted by atomic mass is 35.5. The molecular weight excluding hydrogens is 323 g/mol. The fraction of sp³-hybridized carbons (Fsp3) is 0.188. The lowest BCUT2D eigenvalue weighted by Crippen LogP contribution is -2.17. The predicted octanol–water partition coefficient (Wildman–Crippen LogP) is 4.30. The predicted molar refractivity (Wildman–Crippen MR) is 89.3 cm³/mol. The number of para-hydroxylation sites is 2. The van der Waals surface area contributed by atoms with Crippen LogP contribution in [0.4, 0.5) is 4.39 Å². The summed E-state index contributed by atoms with van der Waals surface area (Å²) < 4.78 is 14.8. The number of nitrogens with zero attached hydrogens (tertiary/aromatic N) is 1. The van der Waals surface area contributed by atoms with Gasteiger partial charge in [-0.2, -0.15) is 0 Å². The third kappa shape index (κ3) is 3.20. The van der Waals surface area contributed by atoms with Gasteiger partial charge in [0.15, 0.2) is 0 Å². The Morgan fingerprint density at radius 1 is 1.23 bits per heavy atom. The number of benzene rings is 2. The standard InChI is InChI=1S/C16H14ClFN2OS/c17-12-10-11(6-7-13(12)18)22-9-3-8-20-15-5-2-1-4-14(15)19-16(20)21/h1-2,4-7,10H,3,8-9H2,(H,19,21). The third-order valence-corrected chi connectivity index (χ3v) is 4.74. The lowest BCUT2D eigenvalue weighted by molar-refractivity contribution is 0.627. The molecule has 0 fully saturated rings. The second kappa shape index (κ2) is 6.58. The van der Waals surface area contributed by atoms with Crippen molar-refractivity contribution in [3.05, 3.63) is 63.8 Å². The van der Waals surface area contributed by atoms with Crippen LogP contribution in [0.15, 0.2) is 52.2 Å². The highest BCUT2D eigenvalue weighted by Crippen LogP contribution is 2.24. The molecule has 114 valence electrons. The molecule has 0 atom stereocenters. The molecule has 22 heavy (non-hydrogen) atoms. The Bertz CT molecular complexity index is 859. The summed E-state index contributed by atoms with van der Waals surface area (Å²) in [4.78, 5) is 15.7. The molecule has 2 aromatic carbocycles. The minimum Gasteiger partial charge on any atom is -0.306 e. The second-order valence-electron chi connectivity index (χ2n) is 4.88. The number of rotatable bonds is 5. The van der Waals surface area contributed by atoms with Crippen LogP contribution in [-0.4, -0.2) is 15.3 Å². The number of aromatic amines is 1. The summed E-state index contributed by atoms with van der Waals surface area (Å²) in [6, 6.07) is 12.3. The Hall–Kier alpha value is -1.72. The molecule has 0 radical (unpaired) electrons. The van der Waals surface area contributed by atoms with Crippen LogP contribution in [0.25, 0.3) is 11.0 Å². The van der Waals surface area contributed by atoms with Crippen molar-refractivity contribution in [1.82, 2.24) is 9.55 Å². The molecule has 0 aliphatic rings. The highest BCUT2D eigenvalue weighted by Gasteiger charge is 2.06. The van der Waals surface area contributed by atoms with E-state index in [1.807, 2.05) is 24.3 Å². The zero-order chi connectivity index (χ0) is 15.5. The number of H-pyrrole nitrogens is 1. The number of hydrogen-bond acceptors (Lipinski definition) is 2. The summed E-state index contributed by atoms with van der Waals surface area (Å²) in [6.45, 7) is 0.644. The third-order valence-electron chi connectivity index (χ3n) is 3.37. The minimum atomic E-state index is -0.406. The largest absolute Gasteiger partial charge is 0.326 e. The van der Waals surface area contributed by atoms with Crippen molar-refractivity contribution in [1.29, 1.82) is 0 Å². The van der Waals surface area contributed by atoms with Crippen molar-refractivity contribution >= 4 is 34.4 Å². The van der Waals surface area contributed by atoms with Gasteiger partial charge in [0.2, 0.25) is 0 Å². The van der Waals surface area contributed by atoms with Crippen molar-refractivity contribution in [3.63, 3.8) is 0 Å². The number of imidazole rings is 1. The number of hydrogen-bond donors (Lipinski definition) is 1. The summed E-state index contributed by atoms with van der Waals surface area (Å²) in [5.74, 6) is 0.421. The van der Waals surface area contributed by atoms with E-state index in [1.165, 1.54) is 6.07 Å². The molecule has 3 nitrogen and oxygen atoms in total. The molecule has 3 rings (SSSR count). The maximum Gasteiger partial charge on any atom is 0.326 e. The number of aryl methyl sites for hydroxylation is 1. The number of nitrogens with one attached hydrogen (secondary N) is 1. The van der Waals surface area contributed by atoms with Gasteiger partial charge in [-0.25, -0.2) is 9.18 Å². The van der Waals surface area contributed by atoms with Crippen LogP contribution in [0.3, 0.4) is 0 Å². The summed E-state index contributed by atoms with van der Waals surface area (Å²) in [5.41, 5.74) is 1.68. The van der Waals surface area contributed by atoms with E-state index >= 15 is 0 Å². The van der Waals surface area contributed by atoms with Crippen LogP contribution in [0, 0.1) is 5.82 Å². The van der Waals surface area contributed by atoms with Gasteiger partial charge in [0.05, 0.1) is 16.1 Å². The molecule has 0 spiro atoms. The molecule has 0 aliphatic heterocycles. The van der Waals surface area contributed by atoms with Gasteiger partial charge in [0.25, 0.3) is 0 Å². The molecule has 0 aliphatic carbocycles. The Kier molecular flexibility index (Phi) is 4.55. The number of fused-ring (bicyclic) bond motifs is 1. The van der Waals surface area contributed by atoms with E-state index in [-0.39, 0.29) is 10.7 Å². The SMILES string of the molecule is O=c1[nH]c2ccccc2n1CCCSc1ccc(F)c(Cl)c1. The van der Waals surface area contributed by atoms with Gasteiger partial charge in [-0.3, -0.25) is 4.57 Å². The topological polar surface area (TPSA) is 37.8 Å². The molecule has 1 heterocycles. The van der Waals surface area contributed by atoms with Crippen LogP contribution in [0.1, 0.15) is 6.42 Å². The molecule has 6 heteroatoms. The fourth-order valence-corrected chi connectivity index (χ4v) is 3.43. The zero-order valence-electron chi connectivity index (χ0n) is 11.7. The normalized spacial score (nSPS) is 11.2. The van der Waals surface area contributed by atoms with E-state index in [4.69, 9.17) is 11.6 Å². The Balaban J connectivity index is 1.62. The molecule has 0 saturated heterocycles. The van der Waals surface area contributed by atoms with Crippen LogP contribution in [0.2, 0.25) is 5.02 Å². The molecule has 0 bridgehead atoms. The number of aromatic nitrogens is 2. The Labute approximate surface area is 136 Å². The Morgan fingerprint density at radius 3 is 2.86 bits per heavy atom. The van der Waals surface area contributed by atoms with Crippen molar-refractivity contribution in [2.75, 3.05) is 5.75 Å². The maximum absolute atomic E-state index is 13.1. The lowest BCUT2D eigenvalue weighted by atomic mass is 10.3.